The molecule has 2 fully saturated rings. The molecule has 3 aliphatic rings. The number of benzene rings is 2. The van der Waals surface area contributed by atoms with Gasteiger partial charge in [-0.25, -0.2) is 0 Å². The lowest BCUT2D eigenvalue weighted by atomic mass is 9.96. The van der Waals surface area contributed by atoms with Crippen LogP contribution in [0.25, 0.3) is 21.9 Å². The Kier molecular flexibility index (Phi) is 8.89. The molecule has 0 bridgehead atoms. The Hall–Kier alpha value is -5.11. The fraction of sp³-hybridized carbons (Fsp3) is 0.378. The number of amides is 3. The summed E-state index contributed by atoms with van der Waals surface area (Å²) >= 11 is 0. The highest BCUT2D eigenvalue weighted by molar-refractivity contribution is 6.06. The number of likely N-dealkylation sites (N-methyl/N-ethyl adjacent to an activating group) is 1. The number of nitrogens with one attached hydrogen (secondary N) is 1. The molecule has 7 rings (SSSR count). The highest BCUT2D eigenvalue weighted by Gasteiger charge is 2.45. The number of imide groups is 1. The van der Waals surface area contributed by atoms with Crippen molar-refractivity contribution < 1.29 is 29.0 Å². The van der Waals surface area contributed by atoms with Crippen LogP contribution in [0.3, 0.4) is 0 Å². The maximum Gasteiger partial charge on any atom is 0.259 e. The number of hydrogen-bond acceptors (Lipinski definition) is 10. The number of hydrogen-bond donors (Lipinski definition) is 2. The first-order valence-corrected chi connectivity index (χ1v) is 16.7. The fourth-order valence-corrected chi connectivity index (χ4v) is 7.54. The summed E-state index contributed by atoms with van der Waals surface area (Å²) in [6.07, 6.45) is 5.12. The van der Waals surface area contributed by atoms with Crippen LogP contribution < -0.4 is 20.3 Å². The summed E-state index contributed by atoms with van der Waals surface area (Å²) in [5.41, 5.74) is 4.21. The zero-order valence-corrected chi connectivity index (χ0v) is 28.5. The second kappa shape index (κ2) is 13.3. The Morgan fingerprint density at radius 3 is 2.48 bits per heavy atom. The first-order chi connectivity index (χ1) is 24.1. The van der Waals surface area contributed by atoms with Gasteiger partial charge >= 0.3 is 0 Å². The van der Waals surface area contributed by atoms with Crippen molar-refractivity contribution in [3.8, 4) is 22.6 Å². The predicted molar refractivity (Wildman–Crippen MR) is 184 cm³/mol. The van der Waals surface area contributed by atoms with E-state index in [1.54, 1.807) is 44.3 Å². The summed E-state index contributed by atoms with van der Waals surface area (Å²) < 4.78 is 13.4. The van der Waals surface area contributed by atoms with E-state index in [0.717, 1.165) is 47.2 Å². The molecule has 2 saturated heterocycles. The van der Waals surface area contributed by atoms with Crippen LogP contribution in [-0.4, -0.2) is 93.5 Å². The summed E-state index contributed by atoms with van der Waals surface area (Å²) in [6, 6.07) is 10.6. The van der Waals surface area contributed by atoms with Gasteiger partial charge in [0.2, 0.25) is 11.8 Å². The second-order valence-corrected chi connectivity index (χ2v) is 13.3. The smallest absolute Gasteiger partial charge is 0.259 e. The number of carbonyl (C=O) groups is 3. The number of carbonyl (C=O) groups excluding carboxylic acids is 3. The minimum absolute atomic E-state index is 0.114. The van der Waals surface area contributed by atoms with E-state index in [4.69, 9.17) is 9.47 Å². The largest absolute Gasteiger partial charge is 0.496 e. The molecule has 260 valence electrons. The Bertz CT molecular complexity index is 2050. The quantitative estimate of drug-likeness (QED) is 0.240. The molecule has 3 atom stereocenters. The van der Waals surface area contributed by atoms with Crippen LogP contribution in [-0.2, 0) is 29.7 Å². The minimum atomic E-state index is -1.25. The lowest BCUT2D eigenvalue weighted by Crippen LogP contribution is -2.53. The molecular formula is C37H40N6O7. The van der Waals surface area contributed by atoms with Gasteiger partial charge in [0, 0.05) is 75.4 Å². The number of ether oxygens (including phenoxy) is 2. The number of methoxy groups -OCH3 is 2. The van der Waals surface area contributed by atoms with Gasteiger partial charge in [-0.2, -0.15) is 0 Å². The van der Waals surface area contributed by atoms with Gasteiger partial charge in [-0.15, -0.1) is 0 Å². The van der Waals surface area contributed by atoms with E-state index in [9.17, 15) is 24.3 Å². The van der Waals surface area contributed by atoms with E-state index in [0.29, 0.717) is 41.1 Å². The van der Waals surface area contributed by atoms with Crippen LogP contribution in [0, 0.1) is 0 Å². The molecule has 50 heavy (non-hydrogen) atoms. The minimum Gasteiger partial charge on any atom is -0.496 e. The van der Waals surface area contributed by atoms with Crippen LogP contribution in [0.2, 0.25) is 0 Å². The van der Waals surface area contributed by atoms with Gasteiger partial charge in [-0.05, 0) is 54.6 Å². The molecule has 0 aliphatic carbocycles. The van der Waals surface area contributed by atoms with E-state index in [2.05, 4.69) is 20.1 Å². The number of aliphatic hydroxyl groups excluding tert-OH is 1. The molecule has 5 heterocycles. The molecule has 2 unspecified atom stereocenters. The SMILES string of the molecule is COc1cc(-c2cn(C)c(=O)c3cnccc23)cc(OC)c1CN1CC[C@H]1CN(C)Cc1cccc2c1C(=O)N(C1CCC(=O)NC1=O)C2O. The van der Waals surface area contributed by atoms with Crippen LogP contribution in [0.4, 0.5) is 0 Å². The van der Waals surface area contributed by atoms with Crippen LogP contribution >= 0.6 is 0 Å². The second-order valence-electron chi connectivity index (χ2n) is 13.3. The average Bonchev–Trinajstić information content (AvgIpc) is 3.36. The van der Waals surface area contributed by atoms with E-state index in [1.807, 2.05) is 43.6 Å². The molecule has 3 aliphatic heterocycles. The third kappa shape index (κ3) is 5.80. The number of pyridine rings is 2. The molecule has 0 radical (unpaired) electrons. The molecule has 13 heteroatoms. The molecule has 0 spiro atoms. The van der Waals surface area contributed by atoms with Crippen LogP contribution in [0.5, 0.6) is 11.5 Å². The number of rotatable bonds is 10. The molecule has 0 saturated carbocycles. The molecule has 13 nitrogen and oxygen atoms in total. The topological polar surface area (TPSA) is 147 Å². The summed E-state index contributed by atoms with van der Waals surface area (Å²) in [6.45, 7) is 2.71. The molecule has 2 aromatic heterocycles. The third-order valence-corrected chi connectivity index (χ3v) is 10.2. The standard InChI is InChI=1S/C37H40N6O7/c1-40(17-21-6-5-7-25-33(21)37(48)43(36(25)47)29-8-9-32(44)39-34(29)45)18-23-11-13-42(23)20-28-30(49-3)14-22(15-31(28)50-4)27-19-41(2)35(46)26-16-38-12-10-24(26)27/h5-7,10,12,14-16,19,23,29,36,47H,8-9,11,13,17-18,20H2,1-4H3,(H,39,44,45)/t23-,29?,36?/m0/s1. The van der Waals surface area contributed by atoms with Gasteiger partial charge < -0.3 is 24.0 Å². The number of aryl methyl sites for hydroxylation is 1. The summed E-state index contributed by atoms with van der Waals surface area (Å²) in [5, 5.41) is 14.7. The highest BCUT2D eigenvalue weighted by Crippen LogP contribution is 2.40. The van der Waals surface area contributed by atoms with Gasteiger partial charge in [0.05, 0.1) is 30.7 Å². The number of aliphatic hydroxyl groups is 1. The van der Waals surface area contributed by atoms with Crippen molar-refractivity contribution >= 4 is 28.5 Å². The van der Waals surface area contributed by atoms with Gasteiger partial charge in [0.1, 0.15) is 17.5 Å². The van der Waals surface area contributed by atoms with Crippen molar-refractivity contribution in [3.05, 3.63) is 87.6 Å². The van der Waals surface area contributed by atoms with Gasteiger partial charge in [0.15, 0.2) is 6.23 Å². The Labute approximate surface area is 289 Å². The zero-order chi connectivity index (χ0) is 35.3. The van der Waals surface area contributed by atoms with Crippen molar-refractivity contribution in [2.75, 3.05) is 34.4 Å². The van der Waals surface area contributed by atoms with Crippen molar-refractivity contribution in [1.29, 1.82) is 0 Å². The first-order valence-electron chi connectivity index (χ1n) is 16.7. The first kappa shape index (κ1) is 33.4. The van der Waals surface area contributed by atoms with Gasteiger partial charge in [-0.1, -0.05) is 18.2 Å². The average molecular weight is 681 g/mol. The molecule has 3 amide bonds. The maximum absolute atomic E-state index is 13.6. The number of nitrogens with zero attached hydrogens (tertiary/aromatic N) is 5. The number of fused-ring (bicyclic) bond motifs is 2. The lowest BCUT2D eigenvalue weighted by molar-refractivity contribution is -0.139. The normalized spacial score (nSPS) is 20.6. The molecular weight excluding hydrogens is 640 g/mol. The summed E-state index contributed by atoms with van der Waals surface area (Å²) in [5.74, 6) is 0.0328. The van der Waals surface area contributed by atoms with E-state index >= 15 is 0 Å². The Morgan fingerprint density at radius 1 is 1.04 bits per heavy atom. The third-order valence-electron chi connectivity index (χ3n) is 10.2. The van der Waals surface area contributed by atoms with Gasteiger partial charge in [-0.3, -0.25) is 39.3 Å². The summed E-state index contributed by atoms with van der Waals surface area (Å²) in [4.78, 5) is 60.6. The van der Waals surface area contributed by atoms with E-state index in [1.165, 1.54) is 4.90 Å². The number of piperidine rings is 1. The Balaban J connectivity index is 1.07. The van der Waals surface area contributed by atoms with E-state index in [-0.39, 0.29) is 30.3 Å². The summed E-state index contributed by atoms with van der Waals surface area (Å²) in [7, 11) is 7.02. The maximum atomic E-state index is 13.6. The van der Waals surface area contributed by atoms with Crippen molar-refractivity contribution in [2.24, 2.45) is 7.05 Å². The van der Waals surface area contributed by atoms with Gasteiger partial charge in [0.25, 0.3) is 11.5 Å². The zero-order valence-electron chi connectivity index (χ0n) is 28.5. The van der Waals surface area contributed by atoms with Crippen LogP contribution in [0.1, 0.15) is 52.5 Å². The Morgan fingerprint density at radius 2 is 1.80 bits per heavy atom. The monoisotopic (exact) mass is 680 g/mol. The van der Waals surface area contributed by atoms with E-state index < -0.39 is 24.1 Å². The van der Waals surface area contributed by atoms with Crippen molar-refractivity contribution in [1.82, 2.24) is 29.6 Å². The molecule has 2 aromatic carbocycles. The molecule has 4 aromatic rings. The van der Waals surface area contributed by atoms with Crippen molar-refractivity contribution in [3.63, 3.8) is 0 Å². The number of aromatic nitrogens is 2. The lowest BCUT2D eigenvalue weighted by Gasteiger charge is -2.43. The van der Waals surface area contributed by atoms with Crippen LogP contribution in [0.15, 0.2) is 59.8 Å². The fourth-order valence-electron chi connectivity index (χ4n) is 7.54. The molecule has 2 N–H and O–H groups in total. The highest BCUT2D eigenvalue weighted by atomic mass is 16.5. The van der Waals surface area contributed by atoms with Crippen molar-refractivity contribution in [2.45, 2.75) is 50.7 Å². The predicted octanol–water partition coefficient (Wildman–Crippen LogP) is 2.58. The number of likely N-dealkylation sites (tertiary alicyclic amines) is 1.